The van der Waals surface area contributed by atoms with Gasteiger partial charge >= 0.3 is 0 Å². The molecular formula is C32H27NO. The van der Waals surface area contributed by atoms with Crippen molar-refractivity contribution in [2.75, 3.05) is 0 Å². The number of nitrogens with zero attached hydrogens (tertiary/aromatic N) is 1. The normalized spacial score (nSPS) is 11.9. The third-order valence-corrected chi connectivity index (χ3v) is 5.80. The highest BCUT2D eigenvalue weighted by molar-refractivity contribution is 6.11. The lowest BCUT2D eigenvalue weighted by molar-refractivity contribution is 0.244. The Morgan fingerprint density at radius 3 is 1.97 bits per heavy atom. The Kier molecular flexibility index (Phi) is 6.22. The van der Waals surface area contributed by atoms with E-state index in [1.807, 2.05) is 30.5 Å². The van der Waals surface area contributed by atoms with Crippen molar-refractivity contribution in [1.29, 1.82) is 0 Å². The molecule has 0 N–H and O–H groups in total. The zero-order chi connectivity index (χ0) is 23.3. The second-order valence-electron chi connectivity index (χ2n) is 8.56. The van der Waals surface area contributed by atoms with Crippen LogP contribution in [-0.2, 0) is 0 Å². The first-order chi connectivity index (χ1) is 16.7. The number of allylic oxidation sites excluding steroid dienone is 1. The maximum absolute atomic E-state index is 6.33. The van der Waals surface area contributed by atoms with Crippen molar-refractivity contribution in [1.82, 2.24) is 0 Å². The van der Waals surface area contributed by atoms with Crippen LogP contribution >= 0.6 is 0 Å². The molecule has 5 aromatic rings. The fourth-order valence-corrected chi connectivity index (χ4v) is 4.33. The van der Waals surface area contributed by atoms with Crippen LogP contribution in [0.1, 0.15) is 19.4 Å². The second-order valence-corrected chi connectivity index (χ2v) is 8.56. The summed E-state index contributed by atoms with van der Waals surface area (Å²) in [5.74, 6) is 0.876. The van der Waals surface area contributed by atoms with E-state index in [9.17, 15) is 0 Å². The summed E-state index contributed by atoms with van der Waals surface area (Å²) in [5, 5.41) is 4.68. The van der Waals surface area contributed by atoms with E-state index in [1.165, 1.54) is 10.8 Å². The molecule has 2 heteroatoms. The van der Waals surface area contributed by atoms with Crippen molar-refractivity contribution in [3.63, 3.8) is 0 Å². The number of rotatable bonds is 6. The quantitative estimate of drug-likeness (QED) is 0.241. The Morgan fingerprint density at radius 2 is 1.26 bits per heavy atom. The number of ether oxygens (including phenoxy) is 1. The Hall–Kier alpha value is -4.17. The number of hydrogen-bond donors (Lipinski definition) is 0. The molecule has 5 rings (SSSR count). The number of aliphatic imine (C=N–C) groups is 1. The first-order valence-corrected chi connectivity index (χ1v) is 11.7. The van der Waals surface area contributed by atoms with Crippen molar-refractivity contribution >= 4 is 39.5 Å². The fourth-order valence-electron chi connectivity index (χ4n) is 4.33. The summed E-state index contributed by atoms with van der Waals surface area (Å²) in [6.45, 7) is 4.13. The first-order valence-electron chi connectivity index (χ1n) is 11.7. The molecule has 0 aromatic heterocycles. The van der Waals surface area contributed by atoms with Crippen LogP contribution in [0.15, 0.2) is 114 Å². The summed E-state index contributed by atoms with van der Waals surface area (Å²) in [4.78, 5) is 4.91. The smallest absolute Gasteiger partial charge is 0.128 e. The molecule has 0 spiro atoms. The summed E-state index contributed by atoms with van der Waals surface area (Å²) >= 11 is 0. The third-order valence-electron chi connectivity index (χ3n) is 5.80. The Labute approximate surface area is 200 Å². The molecule has 0 saturated carbocycles. The molecule has 0 heterocycles. The lowest BCUT2D eigenvalue weighted by Crippen LogP contribution is -2.06. The molecule has 5 aromatic carbocycles. The van der Waals surface area contributed by atoms with Gasteiger partial charge in [0, 0.05) is 17.3 Å². The lowest BCUT2D eigenvalue weighted by Gasteiger charge is -2.19. The molecule has 0 fully saturated rings. The molecule has 0 aliphatic rings. The first kappa shape index (κ1) is 21.7. The Balaban J connectivity index is 1.72. The zero-order valence-corrected chi connectivity index (χ0v) is 19.5. The van der Waals surface area contributed by atoms with E-state index in [0.29, 0.717) is 0 Å². The summed E-state index contributed by atoms with van der Waals surface area (Å²) in [6, 6.07) is 35.7. The van der Waals surface area contributed by atoms with Gasteiger partial charge in [-0.2, -0.15) is 0 Å². The van der Waals surface area contributed by atoms with Crippen LogP contribution in [-0.4, -0.2) is 12.3 Å². The fraction of sp³-hybridized carbons (Fsp3) is 0.0938. The van der Waals surface area contributed by atoms with Gasteiger partial charge in [0.25, 0.3) is 0 Å². The summed E-state index contributed by atoms with van der Waals surface area (Å²) in [5.41, 5.74) is 4.24. The highest BCUT2D eigenvalue weighted by Crippen LogP contribution is 2.45. The van der Waals surface area contributed by atoms with E-state index in [4.69, 9.17) is 9.73 Å². The third kappa shape index (κ3) is 4.49. The SMILES string of the molecule is CC(C)Oc1ccc2ccccc2c1-c1c(N=C/C=C\c2ccccc2)ccc2ccccc12. The molecule has 166 valence electrons. The van der Waals surface area contributed by atoms with Crippen LogP contribution in [0.4, 0.5) is 5.69 Å². The second kappa shape index (κ2) is 9.76. The molecule has 0 unspecified atom stereocenters. The van der Waals surface area contributed by atoms with E-state index in [1.54, 1.807) is 0 Å². The molecule has 0 atom stereocenters. The van der Waals surface area contributed by atoms with E-state index in [2.05, 4.69) is 105 Å². The van der Waals surface area contributed by atoms with Gasteiger partial charge in [0.1, 0.15) is 5.75 Å². The topological polar surface area (TPSA) is 21.6 Å². The molecule has 2 nitrogen and oxygen atoms in total. The van der Waals surface area contributed by atoms with Crippen LogP contribution in [0.2, 0.25) is 0 Å². The molecule has 0 aliphatic heterocycles. The average Bonchev–Trinajstić information content (AvgIpc) is 2.87. The minimum Gasteiger partial charge on any atom is -0.490 e. The standard InChI is InChI=1S/C32H27NO/c1-23(2)34-30-21-19-26-15-7-9-17-28(26)32(30)31-27-16-8-6-14-25(27)18-20-29(31)33-22-10-13-24-11-4-3-5-12-24/h3-23H,1-2H3/b13-10-,33-22?. The van der Waals surface area contributed by atoms with Crippen molar-refractivity contribution < 1.29 is 4.74 Å². The number of benzene rings is 5. The van der Waals surface area contributed by atoms with Crippen molar-refractivity contribution in [2.24, 2.45) is 4.99 Å². The number of fused-ring (bicyclic) bond motifs is 2. The van der Waals surface area contributed by atoms with Gasteiger partial charge in [-0.25, -0.2) is 0 Å². The lowest BCUT2D eigenvalue weighted by atomic mass is 9.91. The maximum Gasteiger partial charge on any atom is 0.128 e. The minimum atomic E-state index is 0.0654. The Morgan fingerprint density at radius 1 is 0.647 bits per heavy atom. The van der Waals surface area contributed by atoms with Crippen LogP contribution in [0.5, 0.6) is 5.75 Å². The van der Waals surface area contributed by atoms with Gasteiger partial charge in [0.15, 0.2) is 0 Å². The van der Waals surface area contributed by atoms with E-state index in [-0.39, 0.29) is 6.10 Å². The molecule has 34 heavy (non-hydrogen) atoms. The van der Waals surface area contributed by atoms with E-state index in [0.717, 1.165) is 38.9 Å². The predicted octanol–water partition coefficient (Wildman–Crippen LogP) is 8.86. The summed E-state index contributed by atoms with van der Waals surface area (Å²) in [6.07, 6.45) is 5.99. The summed E-state index contributed by atoms with van der Waals surface area (Å²) < 4.78 is 6.33. The average molecular weight is 442 g/mol. The van der Waals surface area contributed by atoms with Gasteiger partial charge < -0.3 is 4.74 Å². The largest absolute Gasteiger partial charge is 0.490 e. The molecule has 0 saturated heterocycles. The van der Waals surface area contributed by atoms with Gasteiger partial charge in [0.2, 0.25) is 0 Å². The highest BCUT2D eigenvalue weighted by atomic mass is 16.5. The zero-order valence-electron chi connectivity index (χ0n) is 19.5. The van der Waals surface area contributed by atoms with Crippen LogP contribution in [0.25, 0.3) is 38.7 Å². The minimum absolute atomic E-state index is 0.0654. The maximum atomic E-state index is 6.33. The van der Waals surface area contributed by atoms with Crippen molar-refractivity contribution in [3.05, 3.63) is 115 Å². The van der Waals surface area contributed by atoms with Gasteiger partial charge in [-0.15, -0.1) is 0 Å². The van der Waals surface area contributed by atoms with Crippen LogP contribution in [0, 0.1) is 0 Å². The molecule has 0 bridgehead atoms. The molecule has 0 aliphatic carbocycles. The van der Waals surface area contributed by atoms with Crippen molar-refractivity contribution in [2.45, 2.75) is 20.0 Å². The van der Waals surface area contributed by atoms with Crippen molar-refractivity contribution in [3.8, 4) is 16.9 Å². The van der Waals surface area contributed by atoms with Gasteiger partial charge in [0.05, 0.1) is 11.8 Å². The number of hydrogen-bond acceptors (Lipinski definition) is 2. The highest BCUT2D eigenvalue weighted by Gasteiger charge is 2.18. The van der Waals surface area contributed by atoms with E-state index < -0.39 is 0 Å². The van der Waals surface area contributed by atoms with Crippen LogP contribution < -0.4 is 4.74 Å². The van der Waals surface area contributed by atoms with E-state index >= 15 is 0 Å². The monoisotopic (exact) mass is 441 g/mol. The Bertz CT molecular complexity index is 1500. The van der Waals surface area contributed by atoms with Gasteiger partial charge in [-0.3, -0.25) is 4.99 Å². The van der Waals surface area contributed by atoms with Crippen LogP contribution in [0.3, 0.4) is 0 Å². The van der Waals surface area contributed by atoms with Gasteiger partial charge in [-0.1, -0.05) is 97.1 Å². The van der Waals surface area contributed by atoms with Gasteiger partial charge in [-0.05, 0) is 59.2 Å². The molecular weight excluding hydrogens is 414 g/mol. The molecule has 0 radical (unpaired) electrons. The predicted molar refractivity (Wildman–Crippen MR) is 146 cm³/mol. The summed E-state index contributed by atoms with van der Waals surface area (Å²) in [7, 11) is 0. The molecule has 0 amide bonds.